The summed E-state index contributed by atoms with van der Waals surface area (Å²) < 4.78 is 32.3. The molecule has 0 aliphatic rings. The van der Waals surface area contributed by atoms with Gasteiger partial charge in [0.2, 0.25) is 5.76 Å². The van der Waals surface area contributed by atoms with Crippen molar-refractivity contribution in [3.8, 4) is 0 Å². The molecule has 0 aliphatic carbocycles. The van der Waals surface area contributed by atoms with Crippen molar-refractivity contribution in [2.75, 3.05) is 4.72 Å². The summed E-state index contributed by atoms with van der Waals surface area (Å²) in [6.07, 6.45) is 2.98. The molecule has 0 spiro atoms. The Morgan fingerprint density at radius 2 is 1.75 bits per heavy atom. The van der Waals surface area contributed by atoms with Gasteiger partial charge in [0.1, 0.15) is 0 Å². The summed E-state index contributed by atoms with van der Waals surface area (Å²) in [5, 5.41) is 15.1. The van der Waals surface area contributed by atoms with E-state index in [4.69, 9.17) is 16.1 Å². The summed E-state index contributed by atoms with van der Waals surface area (Å²) in [6, 6.07) is 12.3. The molecule has 0 saturated carbocycles. The van der Waals surface area contributed by atoms with Crippen molar-refractivity contribution >= 4 is 45.2 Å². The number of aryl methyl sites for hydroxylation is 1. The highest BCUT2D eigenvalue weighted by Gasteiger charge is 2.22. The van der Waals surface area contributed by atoms with E-state index in [0.29, 0.717) is 16.3 Å². The minimum atomic E-state index is -3.76. The zero-order valence-electron chi connectivity index (χ0n) is 14.5. The number of nitrogens with one attached hydrogen (secondary N) is 1. The van der Waals surface area contributed by atoms with Crippen LogP contribution in [0, 0.1) is 17.0 Å². The van der Waals surface area contributed by atoms with Gasteiger partial charge in [-0.15, -0.1) is 0 Å². The molecule has 0 fully saturated rings. The van der Waals surface area contributed by atoms with Crippen LogP contribution in [-0.4, -0.2) is 18.5 Å². The predicted molar refractivity (Wildman–Crippen MR) is 106 cm³/mol. The maximum Gasteiger partial charge on any atom is 0.338 e. The lowest BCUT2D eigenvalue weighted by atomic mass is 10.2. The van der Waals surface area contributed by atoms with Crippen molar-refractivity contribution in [3.05, 3.63) is 80.7 Å². The first-order valence-electron chi connectivity index (χ1n) is 7.93. The van der Waals surface area contributed by atoms with Crippen molar-refractivity contribution in [1.82, 2.24) is 5.16 Å². The molecule has 3 aromatic rings. The van der Waals surface area contributed by atoms with Gasteiger partial charge in [-0.05, 0) is 55.0 Å². The van der Waals surface area contributed by atoms with Crippen molar-refractivity contribution in [2.45, 2.75) is 11.8 Å². The summed E-state index contributed by atoms with van der Waals surface area (Å²) in [4.78, 5) is 10.5. The van der Waals surface area contributed by atoms with Crippen LogP contribution in [0.25, 0.3) is 12.2 Å². The summed E-state index contributed by atoms with van der Waals surface area (Å²) in [5.74, 6) is 0.0172. The Bertz CT molecular complexity index is 1140. The van der Waals surface area contributed by atoms with Crippen molar-refractivity contribution in [1.29, 1.82) is 0 Å². The minimum absolute atomic E-state index is 0.0172. The van der Waals surface area contributed by atoms with E-state index in [9.17, 15) is 18.5 Å². The van der Waals surface area contributed by atoms with Gasteiger partial charge < -0.3 is 4.52 Å². The van der Waals surface area contributed by atoms with E-state index < -0.39 is 14.9 Å². The SMILES string of the molecule is Cc1noc(/C=C/c2ccc(S(=O)(=O)Nc3ccc(Cl)cc3)cc2)c1[N+](=O)[O-]. The first-order valence-corrected chi connectivity index (χ1v) is 9.79. The first kappa shape index (κ1) is 19.6. The van der Waals surface area contributed by atoms with Crippen molar-refractivity contribution in [2.24, 2.45) is 0 Å². The normalized spacial score (nSPS) is 11.6. The van der Waals surface area contributed by atoms with E-state index in [1.54, 1.807) is 42.5 Å². The summed E-state index contributed by atoms with van der Waals surface area (Å²) in [6.45, 7) is 1.48. The van der Waals surface area contributed by atoms with Crippen LogP contribution in [0.2, 0.25) is 5.02 Å². The Morgan fingerprint density at radius 3 is 2.36 bits per heavy atom. The summed E-state index contributed by atoms with van der Waals surface area (Å²) in [5.41, 5.74) is 0.997. The number of hydrogen-bond acceptors (Lipinski definition) is 6. The molecule has 3 rings (SSSR count). The molecule has 0 radical (unpaired) electrons. The Balaban J connectivity index is 1.78. The summed E-state index contributed by atoms with van der Waals surface area (Å²) in [7, 11) is -3.76. The molecule has 28 heavy (non-hydrogen) atoms. The van der Waals surface area contributed by atoms with E-state index in [0.717, 1.165) is 0 Å². The number of aromatic nitrogens is 1. The van der Waals surface area contributed by atoms with Crippen LogP contribution in [0.3, 0.4) is 0 Å². The Labute approximate surface area is 165 Å². The predicted octanol–water partition coefficient (Wildman–Crippen LogP) is 4.52. The molecule has 0 saturated heterocycles. The molecule has 0 aliphatic heterocycles. The number of hydrogen-bond donors (Lipinski definition) is 1. The molecule has 0 atom stereocenters. The van der Waals surface area contributed by atoms with Gasteiger partial charge in [-0.25, -0.2) is 8.42 Å². The average Bonchev–Trinajstić information content (AvgIpc) is 3.03. The zero-order chi connectivity index (χ0) is 20.3. The number of rotatable bonds is 6. The Morgan fingerprint density at radius 1 is 1.11 bits per heavy atom. The van der Waals surface area contributed by atoms with Gasteiger partial charge in [-0.1, -0.05) is 35.0 Å². The van der Waals surface area contributed by atoms with Crippen LogP contribution in [0.5, 0.6) is 0 Å². The lowest BCUT2D eigenvalue weighted by Crippen LogP contribution is -2.12. The van der Waals surface area contributed by atoms with Gasteiger partial charge in [0, 0.05) is 10.7 Å². The second-order valence-corrected chi connectivity index (χ2v) is 7.87. The number of anilines is 1. The smallest absolute Gasteiger partial charge is 0.338 e. The highest BCUT2D eigenvalue weighted by atomic mass is 35.5. The van der Waals surface area contributed by atoms with Gasteiger partial charge in [0.05, 0.1) is 9.82 Å². The number of halogens is 1. The third-order valence-corrected chi connectivity index (χ3v) is 5.40. The molecular weight excluding hydrogens is 406 g/mol. The van der Waals surface area contributed by atoms with Gasteiger partial charge in [-0.3, -0.25) is 14.8 Å². The third-order valence-electron chi connectivity index (χ3n) is 3.75. The van der Waals surface area contributed by atoms with Crippen LogP contribution in [0.1, 0.15) is 17.0 Å². The zero-order valence-corrected chi connectivity index (χ0v) is 16.1. The van der Waals surface area contributed by atoms with Gasteiger partial charge in [0.15, 0.2) is 5.69 Å². The quantitative estimate of drug-likeness (QED) is 0.464. The topological polar surface area (TPSA) is 115 Å². The highest BCUT2D eigenvalue weighted by molar-refractivity contribution is 7.92. The van der Waals surface area contributed by atoms with E-state index in [1.165, 1.54) is 25.1 Å². The van der Waals surface area contributed by atoms with Crippen LogP contribution in [-0.2, 0) is 10.0 Å². The van der Waals surface area contributed by atoms with E-state index in [1.807, 2.05) is 0 Å². The lowest BCUT2D eigenvalue weighted by Gasteiger charge is -2.08. The molecule has 0 bridgehead atoms. The number of nitro groups is 1. The molecule has 1 aromatic heterocycles. The fraction of sp³-hybridized carbons (Fsp3) is 0.0556. The van der Waals surface area contributed by atoms with Crippen LogP contribution >= 0.6 is 11.6 Å². The fourth-order valence-corrected chi connectivity index (χ4v) is 3.56. The Kier molecular flexibility index (Phi) is 5.48. The molecule has 0 unspecified atom stereocenters. The number of benzene rings is 2. The molecule has 10 heteroatoms. The van der Waals surface area contributed by atoms with Gasteiger partial charge >= 0.3 is 5.69 Å². The molecule has 144 valence electrons. The highest BCUT2D eigenvalue weighted by Crippen LogP contribution is 2.25. The van der Waals surface area contributed by atoms with Crippen LogP contribution in [0.4, 0.5) is 11.4 Å². The largest absolute Gasteiger partial charge is 0.349 e. The summed E-state index contributed by atoms with van der Waals surface area (Å²) >= 11 is 5.79. The van der Waals surface area contributed by atoms with E-state index in [-0.39, 0.29) is 22.0 Å². The fourth-order valence-electron chi connectivity index (χ4n) is 2.38. The molecule has 8 nitrogen and oxygen atoms in total. The standard InChI is InChI=1S/C18H14ClN3O5S/c1-12-18(22(23)24)17(27-20-12)11-4-13-2-9-16(10-3-13)28(25,26)21-15-7-5-14(19)6-8-15/h2-11,21H,1H3/b11-4+. The van der Waals surface area contributed by atoms with Crippen molar-refractivity contribution < 1.29 is 17.9 Å². The van der Waals surface area contributed by atoms with Crippen molar-refractivity contribution in [3.63, 3.8) is 0 Å². The second-order valence-electron chi connectivity index (χ2n) is 5.75. The monoisotopic (exact) mass is 419 g/mol. The first-order chi connectivity index (χ1) is 13.3. The second kappa shape index (κ2) is 7.83. The van der Waals surface area contributed by atoms with Gasteiger partial charge in [0.25, 0.3) is 10.0 Å². The Hall–Kier alpha value is -3.17. The van der Waals surface area contributed by atoms with E-state index >= 15 is 0 Å². The minimum Gasteiger partial charge on any atom is -0.349 e. The van der Waals surface area contributed by atoms with Gasteiger partial charge in [-0.2, -0.15) is 0 Å². The van der Waals surface area contributed by atoms with Crippen LogP contribution < -0.4 is 4.72 Å². The maximum absolute atomic E-state index is 12.4. The lowest BCUT2D eigenvalue weighted by molar-refractivity contribution is -0.386. The molecular formula is C18H14ClN3O5S. The van der Waals surface area contributed by atoms with Crippen LogP contribution in [0.15, 0.2) is 57.9 Å². The van der Waals surface area contributed by atoms with E-state index in [2.05, 4.69) is 9.88 Å². The average molecular weight is 420 g/mol. The third kappa shape index (κ3) is 4.38. The number of nitrogens with zero attached hydrogens (tertiary/aromatic N) is 2. The molecule has 0 amide bonds. The molecule has 1 heterocycles. The maximum atomic E-state index is 12.4. The molecule has 2 aromatic carbocycles. The number of sulfonamides is 1. The molecule has 1 N–H and O–H groups in total.